The predicted octanol–water partition coefficient (Wildman–Crippen LogP) is 2.80. The van der Waals surface area contributed by atoms with E-state index in [9.17, 15) is 9.59 Å². The number of hydrogen-bond donors (Lipinski definition) is 0. The first-order valence-electron chi connectivity index (χ1n) is 8.01. The lowest BCUT2D eigenvalue weighted by molar-refractivity contribution is -0.135. The SMILES string of the molecule is O=C(Cn1c(=O)oc2ccccc21)N1CCCCC1c1nccs1. The second-order valence-corrected chi connectivity index (χ2v) is 6.82. The number of benzene rings is 1. The quantitative estimate of drug-likeness (QED) is 0.733. The molecular weight excluding hydrogens is 326 g/mol. The van der Waals surface area contributed by atoms with Crippen LogP contribution in [0, 0.1) is 0 Å². The lowest BCUT2D eigenvalue weighted by Crippen LogP contribution is -2.41. The van der Waals surface area contributed by atoms with Crippen molar-refractivity contribution in [2.45, 2.75) is 31.8 Å². The second-order valence-electron chi connectivity index (χ2n) is 5.89. The standard InChI is InChI=1S/C17H17N3O3S/c21-15(11-20-12-5-1-2-7-14(12)23-17(20)22)19-9-4-3-6-13(19)16-18-8-10-24-16/h1-2,5,7-8,10,13H,3-4,6,9,11H2. The molecule has 1 fully saturated rings. The average Bonchev–Trinajstić information content (AvgIpc) is 3.24. The number of hydrogen-bond acceptors (Lipinski definition) is 5. The largest absolute Gasteiger partial charge is 0.420 e. The Kier molecular flexibility index (Phi) is 3.93. The number of fused-ring (bicyclic) bond motifs is 1. The zero-order valence-electron chi connectivity index (χ0n) is 13.1. The van der Waals surface area contributed by atoms with Gasteiger partial charge in [0.1, 0.15) is 11.6 Å². The molecule has 0 radical (unpaired) electrons. The summed E-state index contributed by atoms with van der Waals surface area (Å²) < 4.78 is 6.62. The molecule has 1 aliphatic rings. The normalized spacial score (nSPS) is 18.2. The Balaban J connectivity index is 1.62. The highest BCUT2D eigenvalue weighted by Crippen LogP contribution is 2.32. The maximum Gasteiger partial charge on any atom is 0.420 e. The van der Waals surface area contributed by atoms with Crippen molar-refractivity contribution in [1.29, 1.82) is 0 Å². The number of nitrogens with zero attached hydrogens (tertiary/aromatic N) is 3. The highest BCUT2D eigenvalue weighted by Gasteiger charge is 2.30. The monoisotopic (exact) mass is 343 g/mol. The number of aromatic nitrogens is 2. The van der Waals surface area contributed by atoms with Crippen molar-refractivity contribution in [2.75, 3.05) is 6.54 Å². The first kappa shape index (κ1) is 15.1. The van der Waals surface area contributed by atoms with Crippen LogP contribution in [0.2, 0.25) is 0 Å². The van der Waals surface area contributed by atoms with Gasteiger partial charge in [-0.2, -0.15) is 0 Å². The van der Waals surface area contributed by atoms with E-state index in [0.29, 0.717) is 17.6 Å². The van der Waals surface area contributed by atoms with Crippen LogP contribution in [0.4, 0.5) is 0 Å². The van der Waals surface area contributed by atoms with E-state index < -0.39 is 5.76 Å². The molecule has 0 N–H and O–H groups in total. The number of likely N-dealkylation sites (tertiary alicyclic amines) is 1. The van der Waals surface area contributed by atoms with Crippen molar-refractivity contribution in [3.8, 4) is 0 Å². The van der Waals surface area contributed by atoms with E-state index in [-0.39, 0.29) is 18.5 Å². The maximum absolute atomic E-state index is 12.9. The Morgan fingerprint density at radius 2 is 2.21 bits per heavy atom. The van der Waals surface area contributed by atoms with Gasteiger partial charge in [-0.3, -0.25) is 9.36 Å². The van der Waals surface area contributed by atoms with Gasteiger partial charge in [0.2, 0.25) is 5.91 Å². The highest BCUT2D eigenvalue weighted by atomic mass is 32.1. The second kappa shape index (κ2) is 6.24. The molecule has 1 unspecified atom stereocenters. The fourth-order valence-corrected chi connectivity index (χ4v) is 4.06. The molecule has 1 atom stereocenters. The maximum atomic E-state index is 12.9. The van der Waals surface area contributed by atoms with Gasteiger partial charge in [0, 0.05) is 18.1 Å². The van der Waals surface area contributed by atoms with Crippen LogP contribution in [0.15, 0.2) is 45.1 Å². The molecule has 1 amide bonds. The predicted molar refractivity (Wildman–Crippen MR) is 90.9 cm³/mol. The minimum Gasteiger partial charge on any atom is -0.408 e. The Bertz CT molecular complexity index is 913. The van der Waals surface area contributed by atoms with Crippen molar-refractivity contribution in [3.05, 3.63) is 51.4 Å². The summed E-state index contributed by atoms with van der Waals surface area (Å²) in [4.78, 5) is 31.2. The molecule has 124 valence electrons. The summed E-state index contributed by atoms with van der Waals surface area (Å²) in [6.07, 6.45) is 4.75. The van der Waals surface area contributed by atoms with Gasteiger partial charge in [-0.1, -0.05) is 12.1 Å². The van der Waals surface area contributed by atoms with Crippen molar-refractivity contribution < 1.29 is 9.21 Å². The van der Waals surface area contributed by atoms with Crippen LogP contribution < -0.4 is 5.76 Å². The summed E-state index contributed by atoms with van der Waals surface area (Å²) in [6.45, 7) is 0.700. The third-order valence-corrected chi connectivity index (χ3v) is 5.30. The summed E-state index contributed by atoms with van der Waals surface area (Å²) in [5.41, 5.74) is 1.16. The Morgan fingerprint density at radius 3 is 3.04 bits per heavy atom. The van der Waals surface area contributed by atoms with Crippen LogP contribution in [0.3, 0.4) is 0 Å². The lowest BCUT2D eigenvalue weighted by atomic mass is 10.0. The number of oxazole rings is 1. The molecule has 0 spiro atoms. The highest BCUT2D eigenvalue weighted by molar-refractivity contribution is 7.09. The van der Waals surface area contributed by atoms with E-state index in [1.165, 1.54) is 4.57 Å². The Hall–Kier alpha value is -2.41. The van der Waals surface area contributed by atoms with Crippen LogP contribution >= 0.6 is 11.3 Å². The molecule has 7 heteroatoms. The van der Waals surface area contributed by atoms with Crippen LogP contribution in [0.1, 0.15) is 30.3 Å². The molecule has 1 aliphatic heterocycles. The summed E-state index contributed by atoms with van der Waals surface area (Å²) in [5.74, 6) is -0.559. The molecule has 2 aromatic heterocycles. The molecular formula is C17H17N3O3S. The van der Waals surface area contributed by atoms with Gasteiger partial charge < -0.3 is 9.32 Å². The Labute approximate surface area is 142 Å². The summed E-state index contributed by atoms with van der Waals surface area (Å²) >= 11 is 1.57. The zero-order valence-corrected chi connectivity index (χ0v) is 13.9. The van der Waals surface area contributed by atoms with Gasteiger partial charge in [-0.05, 0) is 31.4 Å². The summed E-state index contributed by atoms with van der Waals surface area (Å²) in [7, 11) is 0. The van der Waals surface area contributed by atoms with Crippen LogP contribution in [0.5, 0.6) is 0 Å². The van der Waals surface area contributed by atoms with E-state index in [4.69, 9.17) is 4.42 Å². The minimum absolute atomic E-state index is 0.00226. The lowest BCUT2D eigenvalue weighted by Gasteiger charge is -2.34. The van der Waals surface area contributed by atoms with Crippen molar-refractivity contribution in [2.24, 2.45) is 0 Å². The topological polar surface area (TPSA) is 68.3 Å². The molecule has 1 saturated heterocycles. The van der Waals surface area contributed by atoms with Crippen LogP contribution in [-0.2, 0) is 11.3 Å². The van der Waals surface area contributed by atoms with Gasteiger partial charge >= 0.3 is 5.76 Å². The van der Waals surface area contributed by atoms with Crippen molar-refractivity contribution in [1.82, 2.24) is 14.5 Å². The summed E-state index contributed by atoms with van der Waals surface area (Å²) in [5, 5.41) is 2.90. The number of carbonyl (C=O) groups is 1. The fraction of sp³-hybridized carbons (Fsp3) is 0.353. The average molecular weight is 343 g/mol. The van der Waals surface area contributed by atoms with Gasteiger partial charge in [0.05, 0.1) is 11.6 Å². The molecule has 1 aromatic carbocycles. The van der Waals surface area contributed by atoms with E-state index >= 15 is 0 Å². The molecule has 0 saturated carbocycles. The molecule has 6 nitrogen and oxygen atoms in total. The molecule has 0 bridgehead atoms. The third kappa shape index (κ3) is 2.65. The van der Waals surface area contributed by atoms with Crippen LogP contribution in [-0.4, -0.2) is 26.9 Å². The van der Waals surface area contributed by atoms with E-state index in [1.54, 1.807) is 35.7 Å². The van der Waals surface area contributed by atoms with E-state index in [2.05, 4.69) is 4.98 Å². The molecule has 3 heterocycles. The minimum atomic E-state index is -0.493. The molecule has 0 aliphatic carbocycles. The number of thiazole rings is 1. The fourth-order valence-electron chi connectivity index (χ4n) is 3.28. The number of piperidine rings is 1. The zero-order chi connectivity index (χ0) is 16.5. The number of carbonyl (C=O) groups excluding carboxylic acids is 1. The molecule has 24 heavy (non-hydrogen) atoms. The first-order chi connectivity index (χ1) is 11.7. The van der Waals surface area contributed by atoms with Gasteiger partial charge in [-0.15, -0.1) is 11.3 Å². The Morgan fingerprint density at radius 1 is 1.33 bits per heavy atom. The van der Waals surface area contributed by atoms with Gasteiger partial charge in [0.25, 0.3) is 0 Å². The number of para-hydroxylation sites is 2. The number of rotatable bonds is 3. The van der Waals surface area contributed by atoms with Crippen molar-refractivity contribution in [3.63, 3.8) is 0 Å². The molecule has 4 rings (SSSR count). The van der Waals surface area contributed by atoms with E-state index in [0.717, 1.165) is 24.3 Å². The van der Waals surface area contributed by atoms with Crippen LogP contribution in [0.25, 0.3) is 11.1 Å². The van der Waals surface area contributed by atoms with Gasteiger partial charge in [-0.25, -0.2) is 9.78 Å². The number of amides is 1. The molecule has 3 aromatic rings. The van der Waals surface area contributed by atoms with E-state index in [1.807, 2.05) is 16.3 Å². The van der Waals surface area contributed by atoms with Gasteiger partial charge in [0.15, 0.2) is 5.58 Å². The summed E-state index contributed by atoms with van der Waals surface area (Å²) in [6, 6.07) is 7.18. The third-order valence-electron chi connectivity index (χ3n) is 4.43. The van der Waals surface area contributed by atoms with Crippen molar-refractivity contribution >= 4 is 28.3 Å². The smallest absolute Gasteiger partial charge is 0.408 e. The first-order valence-corrected chi connectivity index (χ1v) is 8.89.